The highest BCUT2D eigenvalue weighted by atomic mass is 79.9. The summed E-state index contributed by atoms with van der Waals surface area (Å²) in [5.41, 5.74) is 5.46. The van der Waals surface area contributed by atoms with Gasteiger partial charge >= 0.3 is 0 Å². The molecule has 19 heavy (non-hydrogen) atoms. The maximum absolute atomic E-state index is 3.47. The third kappa shape index (κ3) is 4.19. The molecule has 0 N–H and O–H groups in total. The largest absolute Gasteiger partial charge is 0.298 e. The SMILES string of the molecule is Cc1ccc(C)c(CN(C)Cc2ccc(Br)cc2)c1. The summed E-state index contributed by atoms with van der Waals surface area (Å²) >= 11 is 3.47. The van der Waals surface area contributed by atoms with E-state index in [0.29, 0.717) is 0 Å². The van der Waals surface area contributed by atoms with Gasteiger partial charge in [0, 0.05) is 17.6 Å². The quantitative estimate of drug-likeness (QED) is 0.790. The topological polar surface area (TPSA) is 3.24 Å². The van der Waals surface area contributed by atoms with Crippen LogP contribution in [0.1, 0.15) is 22.3 Å². The van der Waals surface area contributed by atoms with Gasteiger partial charge in [-0.05, 0) is 49.7 Å². The minimum Gasteiger partial charge on any atom is -0.298 e. The van der Waals surface area contributed by atoms with Gasteiger partial charge in [0.2, 0.25) is 0 Å². The highest BCUT2D eigenvalue weighted by Gasteiger charge is 2.04. The summed E-state index contributed by atoms with van der Waals surface area (Å²) in [5, 5.41) is 0. The Morgan fingerprint density at radius 1 is 0.947 bits per heavy atom. The number of aryl methyl sites for hydroxylation is 2. The number of hydrogen-bond donors (Lipinski definition) is 0. The monoisotopic (exact) mass is 317 g/mol. The Morgan fingerprint density at radius 3 is 2.32 bits per heavy atom. The van der Waals surface area contributed by atoms with Crippen LogP contribution in [0.2, 0.25) is 0 Å². The molecular formula is C17H20BrN. The van der Waals surface area contributed by atoms with Gasteiger partial charge in [0.05, 0.1) is 0 Å². The van der Waals surface area contributed by atoms with Crippen molar-refractivity contribution < 1.29 is 0 Å². The molecule has 2 aromatic carbocycles. The predicted octanol–water partition coefficient (Wildman–Crippen LogP) is 4.70. The molecule has 0 aliphatic heterocycles. The van der Waals surface area contributed by atoms with Crippen molar-refractivity contribution in [3.8, 4) is 0 Å². The van der Waals surface area contributed by atoms with E-state index in [-0.39, 0.29) is 0 Å². The van der Waals surface area contributed by atoms with Gasteiger partial charge in [0.1, 0.15) is 0 Å². The van der Waals surface area contributed by atoms with Gasteiger partial charge in [-0.3, -0.25) is 4.90 Å². The van der Waals surface area contributed by atoms with Gasteiger partial charge in [-0.2, -0.15) is 0 Å². The molecule has 0 spiro atoms. The van der Waals surface area contributed by atoms with E-state index in [2.05, 4.69) is 84.2 Å². The number of halogens is 1. The Bertz CT molecular complexity index is 546. The number of benzene rings is 2. The molecule has 0 amide bonds. The molecule has 0 aliphatic carbocycles. The number of hydrogen-bond acceptors (Lipinski definition) is 1. The van der Waals surface area contributed by atoms with E-state index in [1.54, 1.807) is 0 Å². The van der Waals surface area contributed by atoms with Crippen molar-refractivity contribution in [2.75, 3.05) is 7.05 Å². The molecule has 0 aliphatic rings. The van der Waals surface area contributed by atoms with Gasteiger partial charge in [-0.25, -0.2) is 0 Å². The van der Waals surface area contributed by atoms with E-state index in [9.17, 15) is 0 Å². The summed E-state index contributed by atoms with van der Waals surface area (Å²) in [6.45, 7) is 6.30. The Morgan fingerprint density at radius 2 is 1.63 bits per heavy atom. The molecule has 0 heterocycles. The minimum atomic E-state index is 0.973. The van der Waals surface area contributed by atoms with Crippen molar-refractivity contribution in [1.29, 1.82) is 0 Å². The van der Waals surface area contributed by atoms with Crippen LogP contribution in [0.25, 0.3) is 0 Å². The van der Waals surface area contributed by atoms with Crippen LogP contribution >= 0.6 is 15.9 Å². The van der Waals surface area contributed by atoms with Crippen LogP contribution in [0, 0.1) is 13.8 Å². The first-order chi connectivity index (χ1) is 9.04. The molecule has 1 nitrogen and oxygen atoms in total. The fraction of sp³-hybridized carbons (Fsp3) is 0.294. The smallest absolute Gasteiger partial charge is 0.0236 e. The molecule has 0 bridgehead atoms. The highest BCUT2D eigenvalue weighted by Crippen LogP contribution is 2.15. The standard InChI is InChI=1S/C17H20BrN/c1-13-4-5-14(2)16(10-13)12-19(3)11-15-6-8-17(18)9-7-15/h4-10H,11-12H2,1-3H3. The lowest BCUT2D eigenvalue weighted by Crippen LogP contribution is -2.17. The number of nitrogens with zero attached hydrogens (tertiary/aromatic N) is 1. The van der Waals surface area contributed by atoms with Crippen molar-refractivity contribution in [1.82, 2.24) is 4.90 Å². The van der Waals surface area contributed by atoms with Gasteiger partial charge in [0.25, 0.3) is 0 Å². The second-order valence-electron chi connectivity index (χ2n) is 5.23. The van der Waals surface area contributed by atoms with Gasteiger partial charge in [0.15, 0.2) is 0 Å². The lowest BCUT2D eigenvalue weighted by molar-refractivity contribution is 0.318. The lowest BCUT2D eigenvalue weighted by atomic mass is 10.1. The normalized spacial score (nSPS) is 11.0. The zero-order valence-corrected chi connectivity index (χ0v) is 13.4. The molecule has 2 heteroatoms. The fourth-order valence-electron chi connectivity index (χ4n) is 2.22. The van der Waals surface area contributed by atoms with Crippen LogP contribution in [0.15, 0.2) is 46.9 Å². The zero-order chi connectivity index (χ0) is 13.8. The second kappa shape index (κ2) is 6.36. The summed E-state index contributed by atoms with van der Waals surface area (Å²) in [6, 6.07) is 15.2. The van der Waals surface area contributed by atoms with E-state index >= 15 is 0 Å². The van der Waals surface area contributed by atoms with Crippen molar-refractivity contribution >= 4 is 15.9 Å². The van der Waals surface area contributed by atoms with Crippen LogP contribution < -0.4 is 0 Å². The van der Waals surface area contributed by atoms with Crippen molar-refractivity contribution in [3.05, 3.63) is 69.2 Å². The van der Waals surface area contributed by atoms with E-state index in [1.807, 2.05) is 0 Å². The molecular weight excluding hydrogens is 298 g/mol. The zero-order valence-electron chi connectivity index (χ0n) is 11.8. The number of rotatable bonds is 4. The van der Waals surface area contributed by atoms with Crippen LogP contribution in [0.4, 0.5) is 0 Å². The Hall–Kier alpha value is -1.12. The Kier molecular flexibility index (Phi) is 4.78. The molecule has 0 aromatic heterocycles. The van der Waals surface area contributed by atoms with E-state index in [0.717, 1.165) is 17.6 Å². The van der Waals surface area contributed by atoms with Gasteiger partial charge < -0.3 is 0 Å². The summed E-state index contributed by atoms with van der Waals surface area (Å²) in [5.74, 6) is 0. The average molecular weight is 318 g/mol. The predicted molar refractivity (Wildman–Crippen MR) is 85.2 cm³/mol. The van der Waals surface area contributed by atoms with Crippen LogP contribution in [0.5, 0.6) is 0 Å². The van der Waals surface area contributed by atoms with Gasteiger partial charge in [-0.1, -0.05) is 51.8 Å². The van der Waals surface area contributed by atoms with Crippen molar-refractivity contribution in [2.45, 2.75) is 26.9 Å². The first kappa shape index (κ1) is 14.3. The average Bonchev–Trinajstić information content (AvgIpc) is 2.37. The van der Waals surface area contributed by atoms with E-state index < -0.39 is 0 Å². The first-order valence-electron chi connectivity index (χ1n) is 6.54. The summed E-state index contributed by atoms with van der Waals surface area (Å²) in [7, 11) is 2.17. The first-order valence-corrected chi connectivity index (χ1v) is 7.33. The molecule has 2 aromatic rings. The maximum atomic E-state index is 3.47. The fourth-order valence-corrected chi connectivity index (χ4v) is 2.48. The molecule has 100 valence electrons. The highest BCUT2D eigenvalue weighted by molar-refractivity contribution is 9.10. The summed E-state index contributed by atoms with van der Waals surface area (Å²) in [6.07, 6.45) is 0. The second-order valence-corrected chi connectivity index (χ2v) is 6.14. The molecule has 2 rings (SSSR count). The Labute approximate surface area is 124 Å². The van der Waals surface area contributed by atoms with Gasteiger partial charge in [-0.15, -0.1) is 0 Å². The van der Waals surface area contributed by atoms with Crippen LogP contribution in [0.3, 0.4) is 0 Å². The molecule has 0 unspecified atom stereocenters. The van der Waals surface area contributed by atoms with Crippen LogP contribution in [-0.2, 0) is 13.1 Å². The third-order valence-electron chi connectivity index (χ3n) is 3.31. The van der Waals surface area contributed by atoms with E-state index in [4.69, 9.17) is 0 Å². The molecule has 0 fully saturated rings. The van der Waals surface area contributed by atoms with Crippen molar-refractivity contribution in [2.24, 2.45) is 0 Å². The third-order valence-corrected chi connectivity index (χ3v) is 3.84. The maximum Gasteiger partial charge on any atom is 0.0236 e. The summed E-state index contributed by atoms with van der Waals surface area (Å²) < 4.78 is 1.13. The molecule has 0 atom stereocenters. The molecule has 0 saturated heterocycles. The Balaban J connectivity index is 2.02. The van der Waals surface area contributed by atoms with E-state index in [1.165, 1.54) is 22.3 Å². The van der Waals surface area contributed by atoms with Crippen LogP contribution in [-0.4, -0.2) is 11.9 Å². The minimum absolute atomic E-state index is 0.973. The lowest BCUT2D eigenvalue weighted by Gasteiger charge is -2.18. The summed E-state index contributed by atoms with van der Waals surface area (Å²) in [4.78, 5) is 2.35. The molecule has 0 saturated carbocycles. The molecule has 0 radical (unpaired) electrons. The van der Waals surface area contributed by atoms with Crippen molar-refractivity contribution in [3.63, 3.8) is 0 Å².